The molecule has 0 atom stereocenters. The number of aliphatic carboxylic acids is 5. The van der Waals surface area contributed by atoms with Gasteiger partial charge in [0.15, 0.2) is 0 Å². The Labute approximate surface area is 259 Å². The normalized spacial score (nSPS) is 8.04. The van der Waals surface area contributed by atoms with Gasteiger partial charge in [0.25, 0.3) is 0 Å². The van der Waals surface area contributed by atoms with Gasteiger partial charge in [-0.05, 0) is 12.8 Å². The van der Waals surface area contributed by atoms with Crippen LogP contribution < -0.4 is 173 Å². The summed E-state index contributed by atoms with van der Waals surface area (Å²) in [6, 6.07) is 0. The second kappa shape index (κ2) is 25.3. The van der Waals surface area contributed by atoms with Crippen molar-refractivity contribution in [1.29, 1.82) is 0 Å². The number of carboxylic acids is 5. The smallest absolute Gasteiger partial charge is 0.550 e. The van der Waals surface area contributed by atoms with Gasteiger partial charge in [0.05, 0.1) is 5.97 Å². The summed E-state index contributed by atoms with van der Waals surface area (Å²) in [5.74, 6) is -8.72. The first-order chi connectivity index (χ1) is 9.40. The number of hydrogen-bond donors (Lipinski definition) is 1. The number of carbonyl (C=O) groups excluding carboxylic acids is 5. The molecule has 0 aliphatic carbocycles. The van der Waals surface area contributed by atoms with Crippen LogP contribution in [-0.2, 0) is 24.0 Å². The van der Waals surface area contributed by atoms with E-state index in [0.29, 0.717) is 0 Å². The van der Waals surface area contributed by atoms with Crippen molar-refractivity contribution in [2.24, 2.45) is 0 Å². The molecule has 0 aromatic carbocycles. The molecule has 0 radical (unpaired) electrons. The van der Waals surface area contributed by atoms with Crippen LogP contribution in [0.1, 0.15) is 25.7 Å². The van der Waals surface area contributed by atoms with Crippen LogP contribution in [0.4, 0.5) is 0 Å². The summed E-state index contributed by atoms with van der Waals surface area (Å²) < 4.78 is 0. The van der Waals surface area contributed by atoms with Crippen LogP contribution >= 0.6 is 0 Å². The first kappa shape index (κ1) is 46.5. The van der Waals surface area contributed by atoms with Gasteiger partial charge < -0.3 is 54.6 Å². The number of rotatable bonds is 8. The summed E-state index contributed by atoms with van der Waals surface area (Å²) in [6.07, 6.45) is -3.66. The van der Waals surface area contributed by atoms with Crippen LogP contribution in [0.25, 0.3) is 0 Å². The average molecular weight is 420 g/mol. The summed E-state index contributed by atoms with van der Waals surface area (Å²) in [5.41, 5.74) is -2.97. The van der Waals surface area contributed by atoms with Gasteiger partial charge in [0, 0.05) is 36.7 Å². The van der Waals surface area contributed by atoms with Crippen molar-refractivity contribution in [2.45, 2.75) is 31.3 Å². The van der Waals surface area contributed by atoms with Crippen LogP contribution in [0.5, 0.6) is 0 Å². The van der Waals surface area contributed by atoms with Gasteiger partial charge in [0.2, 0.25) is 0 Å². The van der Waals surface area contributed by atoms with Crippen molar-refractivity contribution in [3.63, 3.8) is 0 Å². The summed E-state index contributed by atoms with van der Waals surface area (Å²) in [5, 5.41) is 57.9. The van der Waals surface area contributed by atoms with E-state index in [2.05, 4.69) is 0 Å². The van der Waals surface area contributed by atoms with Gasteiger partial charge in [0.1, 0.15) is 5.60 Å². The largest absolute Gasteiger partial charge is 1.00 e. The Morgan fingerprint density at radius 1 is 0.577 bits per heavy atom. The molecule has 0 aliphatic rings. The van der Waals surface area contributed by atoms with Gasteiger partial charge in [-0.25, -0.2) is 0 Å². The molecule has 0 rings (SSSR count). The van der Waals surface area contributed by atoms with E-state index in [4.69, 9.17) is 5.11 Å². The van der Waals surface area contributed by atoms with Crippen LogP contribution in [0, 0.1) is 0 Å². The molecule has 0 spiro atoms. The Kier molecular flexibility index (Phi) is 45.3. The van der Waals surface area contributed by atoms with Crippen molar-refractivity contribution >= 4 is 29.8 Å². The molecule has 0 aromatic rings. The molecule has 0 saturated heterocycles. The Morgan fingerprint density at radius 2 is 0.808 bits per heavy atom. The van der Waals surface area contributed by atoms with Crippen molar-refractivity contribution in [2.75, 3.05) is 0 Å². The SMILES string of the molecule is O=C([O-])CC(O)(CC(=O)[O-])C(=O)[O-].O=C([O-])CCC(=O)[O-].[Na+].[Na+].[Na+].[Na+].[Na+]. The quantitative estimate of drug-likeness (QED) is 0.363. The third-order valence-corrected chi connectivity index (χ3v) is 1.79. The van der Waals surface area contributed by atoms with Crippen molar-refractivity contribution < 1.29 is 202 Å². The molecule has 26 heavy (non-hydrogen) atoms. The molecular weight excluding hydrogens is 411 g/mol. The molecular formula is C10H9Na5O11. The van der Waals surface area contributed by atoms with E-state index in [9.17, 15) is 49.5 Å². The predicted octanol–water partition coefficient (Wildman–Crippen LogP) is -23.0. The molecule has 0 fully saturated rings. The zero-order chi connectivity index (χ0) is 17.2. The van der Waals surface area contributed by atoms with Crippen LogP contribution in [-0.4, -0.2) is 40.6 Å². The van der Waals surface area contributed by atoms with Gasteiger partial charge >= 0.3 is 148 Å². The molecule has 1 N–H and O–H groups in total. The summed E-state index contributed by atoms with van der Waals surface area (Å²) >= 11 is 0. The standard InChI is InChI=1S/C6H8O7.C4H6O4.5Na/c7-3(8)1-6(13,5(11)12)2-4(9)10;5-3(6)1-2-4(7)8;;;;;/h13H,1-2H2,(H,7,8)(H,9,10)(H,11,12);1-2H2,(H,5,6)(H,7,8);;;;;/q;;5*+1/p-5. The minimum Gasteiger partial charge on any atom is -0.550 e. The van der Waals surface area contributed by atoms with Crippen molar-refractivity contribution in [1.82, 2.24) is 0 Å². The van der Waals surface area contributed by atoms with E-state index in [1.165, 1.54) is 0 Å². The molecule has 0 aromatic heterocycles. The van der Waals surface area contributed by atoms with Crippen molar-refractivity contribution in [3.8, 4) is 0 Å². The predicted molar refractivity (Wildman–Crippen MR) is 48.5 cm³/mol. The molecule has 0 aliphatic heterocycles. The molecule has 0 unspecified atom stereocenters. The van der Waals surface area contributed by atoms with E-state index in [0.717, 1.165) is 0 Å². The number of hydrogen-bond acceptors (Lipinski definition) is 11. The summed E-state index contributed by atoms with van der Waals surface area (Å²) in [6.45, 7) is 0. The summed E-state index contributed by atoms with van der Waals surface area (Å²) in [7, 11) is 0. The average Bonchev–Trinajstić information content (AvgIpc) is 2.24. The number of carbonyl (C=O) groups is 5. The van der Waals surface area contributed by atoms with E-state index in [1.54, 1.807) is 0 Å². The maximum absolute atomic E-state index is 10.1. The fourth-order valence-corrected chi connectivity index (χ4v) is 0.889. The van der Waals surface area contributed by atoms with Gasteiger partial charge in [-0.15, -0.1) is 0 Å². The Balaban J connectivity index is -0.0000000499. The van der Waals surface area contributed by atoms with E-state index in [-0.39, 0.29) is 148 Å². The molecule has 11 nitrogen and oxygen atoms in total. The zero-order valence-electron chi connectivity index (χ0n) is 15.4. The topological polar surface area (TPSA) is 221 Å². The second-order valence-electron chi connectivity index (χ2n) is 3.66. The third-order valence-electron chi connectivity index (χ3n) is 1.79. The molecule has 16 heteroatoms. The molecule has 0 amide bonds. The monoisotopic (exact) mass is 420 g/mol. The van der Waals surface area contributed by atoms with E-state index >= 15 is 0 Å². The minimum absolute atomic E-state index is 0. The Bertz CT molecular complexity index is 413. The Morgan fingerprint density at radius 3 is 0.923 bits per heavy atom. The molecule has 0 saturated carbocycles. The van der Waals surface area contributed by atoms with Crippen molar-refractivity contribution in [3.05, 3.63) is 0 Å². The first-order valence-corrected chi connectivity index (χ1v) is 5.14. The second-order valence-corrected chi connectivity index (χ2v) is 3.66. The maximum Gasteiger partial charge on any atom is 1.00 e. The van der Waals surface area contributed by atoms with Crippen LogP contribution in [0.2, 0.25) is 0 Å². The fraction of sp³-hybridized carbons (Fsp3) is 0.500. The Hall–Kier alpha value is 2.31. The maximum atomic E-state index is 10.1. The molecule has 120 valence electrons. The van der Waals surface area contributed by atoms with E-state index < -0.39 is 61.1 Å². The molecule has 0 heterocycles. The molecule has 0 bridgehead atoms. The van der Waals surface area contributed by atoms with E-state index in [1.807, 2.05) is 0 Å². The van der Waals surface area contributed by atoms with Gasteiger partial charge in [-0.1, -0.05) is 0 Å². The zero-order valence-corrected chi connectivity index (χ0v) is 25.4. The van der Waals surface area contributed by atoms with Gasteiger partial charge in [-0.2, -0.15) is 0 Å². The summed E-state index contributed by atoms with van der Waals surface area (Å²) in [4.78, 5) is 49.0. The van der Waals surface area contributed by atoms with Crippen LogP contribution in [0.3, 0.4) is 0 Å². The van der Waals surface area contributed by atoms with Crippen LogP contribution in [0.15, 0.2) is 0 Å². The number of carboxylic acid groups (broad SMARTS) is 5. The first-order valence-electron chi connectivity index (χ1n) is 5.14. The minimum atomic E-state index is -2.97. The fourth-order valence-electron chi connectivity index (χ4n) is 0.889. The third kappa shape index (κ3) is 31.0. The van der Waals surface area contributed by atoms with Gasteiger partial charge in [-0.3, -0.25) is 0 Å². The number of aliphatic hydroxyl groups is 1.